The molecule has 0 amide bonds. The maximum Gasteiger partial charge on any atom is 0.432 e. The normalized spacial score (nSPS) is 8.42. The summed E-state index contributed by atoms with van der Waals surface area (Å²) in [6.45, 7) is 6.38. The van der Waals surface area contributed by atoms with E-state index in [0.29, 0.717) is 0 Å². The largest absolute Gasteiger partial charge is 0.432 e. The lowest BCUT2D eigenvalue weighted by Gasteiger charge is -1.96. The Balaban J connectivity index is 0.000000354. The Hall–Kier alpha value is -0.795. The van der Waals surface area contributed by atoms with Crippen molar-refractivity contribution in [2.75, 3.05) is 0 Å². The first-order chi connectivity index (χ1) is 5.60. The maximum absolute atomic E-state index is 7.12. The van der Waals surface area contributed by atoms with Gasteiger partial charge in [0.25, 0.3) is 0 Å². The number of hydrogen-bond acceptors (Lipinski definition) is 2. The molecule has 0 unspecified atom stereocenters. The number of aryl methyl sites for hydroxylation is 3. The van der Waals surface area contributed by atoms with Gasteiger partial charge in [-0.15, -0.1) is 0 Å². The molecule has 0 radical (unpaired) electrons. The first-order valence-electron chi connectivity index (χ1n) is 3.86. The first-order valence-corrected chi connectivity index (χ1v) is 3.86. The van der Waals surface area contributed by atoms with Gasteiger partial charge in [-0.2, -0.15) is 0 Å². The van der Waals surface area contributed by atoms with Gasteiger partial charge in [-0.05, 0) is 20.8 Å². The molecule has 0 spiro atoms. The van der Waals surface area contributed by atoms with Gasteiger partial charge in [-0.1, -0.05) is 34.9 Å². The van der Waals surface area contributed by atoms with Crippen molar-refractivity contribution >= 4 is 7.69 Å². The monoisotopic (exact) mass is 166 g/mol. The Kier molecular flexibility index (Phi) is 5.42. The molecule has 3 heteroatoms. The Morgan fingerprint density at radius 1 is 0.833 bits per heavy atom. The predicted octanol–water partition coefficient (Wildman–Crippen LogP) is 0.849. The second-order valence-corrected chi connectivity index (χ2v) is 2.81. The Bertz CT molecular complexity index is 185. The third-order valence-electron chi connectivity index (χ3n) is 1.37. The lowest BCUT2D eigenvalue weighted by atomic mass is 10.1. The molecule has 0 aromatic heterocycles. The molecule has 1 rings (SSSR count). The molecule has 0 saturated carbocycles. The van der Waals surface area contributed by atoms with E-state index in [-0.39, 0.29) is 0 Å². The van der Waals surface area contributed by atoms with Gasteiger partial charge in [0.05, 0.1) is 0 Å². The van der Waals surface area contributed by atoms with Crippen molar-refractivity contribution in [1.29, 1.82) is 0 Å². The summed E-state index contributed by atoms with van der Waals surface area (Å²) in [5.74, 6) is 0. The van der Waals surface area contributed by atoms with Gasteiger partial charge in [0.15, 0.2) is 0 Å². The molecule has 1 aromatic rings. The van der Waals surface area contributed by atoms with E-state index >= 15 is 0 Å². The van der Waals surface area contributed by atoms with E-state index in [1.54, 1.807) is 0 Å². The summed E-state index contributed by atoms with van der Waals surface area (Å²) in [6, 6.07) is 6.56. The zero-order valence-electron chi connectivity index (χ0n) is 7.83. The summed E-state index contributed by atoms with van der Waals surface area (Å²) in [7, 11) is -0.750. The van der Waals surface area contributed by atoms with Gasteiger partial charge in [0, 0.05) is 0 Å². The molecule has 1 aromatic carbocycles. The zero-order valence-corrected chi connectivity index (χ0v) is 7.83. The second kappa shape index (κ2) is 5.80. The Morgan fingerprint density at radius 3 is 1.17 bits per heavy atom. The molecule has 0 aliphatic rings. The van der Waals surface area contributed by atoms with Crippen LogP contribution >= 0.6 is 0 Å². The fourth-order valence-electron chi connectivity index (χ4n) is 1.20. The number of benzene rings is 1. The molecule has 2 nitrogen and oxygen atoms in total. The Morgan fingerprint density at radius 2 is 1.00 bits per heavy atom. The fourth-order valence-corrected chi connectivity index (χ4v) is 1.20. The average molecular weight is 166 g/mol. The van der Waals surface area contributed by atoms with Crippen molar-refractivity contribution in [3.8, 4) is 0 Å². The molecule has 0 fully saturated rings. The smallest absolute Gasteiger partial charge is 0.430 e. The van der Waals surface area contributed by atoms with E-state index < -0.39 is 7.69 Å². The van der Waals surface area contributed by atoms with Crippen LogP contribution in [-0.2, 0) is 0 Å². The second-order valence-electron chi connectivity index (χ2n) is 2.81. The lowest BCUT2D eigenvalue weighted by Crippen LogP contribution is -1.78. The van der Waals surface area contributed by atoms with Gasteiger partial charge < -0.3 is 10.0 Å². The van der Waals surface area contributed by atoms with E-state index in [0.717, 1.165) is 0 Å². The van der Waals surface area contributed by atoms with Crippen molar-refractivity contribution in [1.82, 2.24) is 0 Å². The minimum Gasteiger partial charge on any atom is -0.430 e. The Labute approximate surface area is 74.2 Å². The van der Waals surface area contributed by atoms with Crippen molar-refractivity contribution in [3.63, 3.8) is 0 Å². The van der Waals surface area contributed by atoms with Crippen LogP contribution in [0.4, 0.5) is 0 Å². The molecular formula is C9H15BO2. The lowest BCUT2D eigenvalue weighted by molar-refractivity contribution is 0.448. The highest BCUT2D eigenvalue weighted by Gasteiger charge is 1.87. The molecule has 0 aliphatic carbocycles. The van der Waals surface area contributed by atoms with Crippen LogP contribution in [0.1, 0.15) is 16.7 Å². The summed E-state index contributed by atoms with van der Waals surface area (Å²) in [5.41, 5.74) is 4.06. The average Bonchev–Trinajstić information content (AvgIpc) is 1.84. The minimum atomic E-state index is -0.750. The maximum atomic E-state index is 7.12. The third kappa shape index (κ3) is 4.94. The van der Waals surface area contributed by atoms with Crippen LogP contribution in [0.15, 0.2) is 18.2 Å². The van der Waals surface area contributed by atoms with Crippen molar-refractivity contribution in [3.05, 3.63) is 34.9 Å². The van der Waals surface area contributed by atoms with Crippen LogP contribution in [-0.4, -0.2) is 17.7 Å². The van der Waals surface area contributed by atoms with E-state index in [4.69, 9.17) is 10.0 Å². The van der Waals surface area contributed by atoms with Crippen molar-refractivity contribution in [2.24, 2.45) is 0 Å². The molecule has 12 heavy (non-hydrogen) atoms. The fraction of sp³-hybridized carbons (Fsp3) is 0.333. The standard InChI is InChI=1S/C9H12.BH3O2/c1-7-4-8(2)6-9(3)5-7;2-1-3/h4-6H,1-3H3;1-3H. The molecule has 66 valence electrons. The van der Waals surface area contributed by atoms with Crippen LogP contribution in [0.25, 0.3) is 0 Å². The van der Waals surface area contributed by atoms with Gasteiger partial charge in [0.1, 0.15) is 0 Å². The molecule has 0 aliphatic heterocycles. The molecule has 0 heterocycles. The molecule has 0 bridgehead atoms. The minimum absolute atomic E-state index is 0.750. The van der Waals surface area contributed by atoms with Crippen LogP contribution in [0.5, 0.6) is 0 Å². The van der Waals surface area contributed by atoms with E-state index in [1.165, 1.54) is 16.7 Å². The number of hydrogen-bond donors (Lipinski definition) is 2. The van der Waals surface area contributed by atoms with Gasteiger partial charge in [-0.3, -0.25) is 0 Å². The highest BCUT2D eigenvalue weighted by Crippen LogP contribution is 2.06. The molecule has 0 saturated heterocycles. The van der Waals surface area contributed by atoms with Gasteiger partial charge in [-0.25, -0.2) is 0 Å². The SMILES string of the molecule is Cc1cc(C)cc(C)c1.OBO. The van der Waals surface area contributed by atoms with E-state index in [1.807, 2.05) is 0 Å². The topological polar surface area (TPSA) is 40.5 Å². The first kappa shape index (κ1) is 11.2. The zero-order chi connectivity index (χ0) is 9.56. The van der Waals surface area contributed by atoms with E-state index in [2.05, 4.69) is 39.0 Å². The quantitative estimate of drug-likeness (QED) is 0.561. The van der Waals surface area contributed by atoms with E-state index in [9.17, 15) is 0 Å². The van der Waals surface area contributed by atoms with Crippen molar-refractivity contribution in [2.45, 2.75) is 20.8 Å². The summed E-state index contributed by atoms with van der Waals surface area (Å²) >= 11 is 0. The van der Waals surface area contributed by atoms with Crippen LogP contribution in [0.2, 0.25) is 0 Å². The summed E-state index contributed by atoms with van der Waals surface area (Å²) in [5, 5.41) is 14.2. The van der Waals surface area contributed by atoms with Gasteiger partial charge in [0.2, 0.25) is 0 Å². The van der Waals surface area contributed by atoms with Crippen LogP contribution < -0.4 is 0 Å². The predicted molar refractivity (Wildman–Crippen MR) is 52.2 cm³/mol. The highest BCUT2D eigenvalue weighted by atomic mass is 16.4. The van der Waals surface area contributed by atoms with Gasteiger partial charge >= 0.3 is 7.69 Å². The highest BCUT2D eigenvalue weighted by molar-refractivity contribution is 6.13. The molecule has 0 atom stereocenters. The third-order valence-corrected chi connectivity index (χ3v) is 1.37. The summed E-state index contributed by atoms with van der Waals surface area (Å²) in [4.78, 5) is 0. The molecule has 2 N–H and O–H groups in total. The summed E-state index contributed by atoms with van der Waals surface area (Å²) in [6.07, 6.45) is 0. The summed E-state index contributed by atoms with van der Waals surface area (Å²) < 4.78 is 0. The van der Waals surface area contributed by atoms with Crippen LogP contribution in [0, 0.1) is 20.8 Å². The molecular weight excluding hydrogens is 151 g/mol. The number of rotatable bonds is 0. The van der Waals surface area contributed by atoms with Crippen LogP contribution in [0.3, 0.4) is 0 Å². The van der Waals surface area contributed by atoms with Crippen molar-refractivity contribution < 1.29 is 10.0 Å².